The minimum absolute atomic E-state index is 0.0513. The van der Waals surface area contributed by atoms with Crippen LogP contribution >= 0.6 is 11.3 Å². The van der Waals surface area contributed by atoms with Gasteiger partial charge in [-0.25, -0.2) is 9.38 Å². The van der Waals surface area contributed by atoms with Crippen molar-refractivity contribution in [2.24, 2.45) is 0 Å². The molecule has 0 N–H and O–H groups in total. The largest absolute Gasteiger partial charge is 0.497 e. The fraction of sp³-hybridized carbons (Fsp3) is 0.259. The van der Waals surface area contributed by atoms with Crippen LogP contribution in [-0.4, -0.2) is 63.2 Å². The maximum absolute atomic E-state index is 13.0. The highest BCUT2D eigenvalue weighted by Crippen LogP contribution is 2.30. The number of carbonyl (C=O) groups excluding carboxylic acids is 1. The maximum atomic E-state index is 13.0. The van der Waals surface area contributed by atoms with E-state index in [4.69, 9.17) is 9.72 Å². The summed E-state index contributed by atoms with van der Waals surface area (Å²) in [7, 11) is 1.65. The summed E-state index contributed by atoms with van der Waals surface area (Å²) in [5.74, 6) is 2.47. The van der Waals surface area contributed by atoms with Gasteiger partial charge in [0.15, 0.2) is 11.5 Å². The highest BCUT2D eigenvalue weighted by Gasteiger charge is 2.30. The molecule has 3 aromatic heterocycles. The molecule has 0 saturated carbocycles. The Balaban J connectivity index is 1.38. The van der Waals surface area contributed by atoms with Gasteiger partial charge in [-0.2, -0.15) is 0 Å². The Bertz CT molecular complexity index is 1530. The summed E-state index contributed by atoms with van der Waals surface area (Å²) in [5.41, 5.74) is 2.57. The topological polar surface area (TPSA) is 75.9 Å². The summed E-state index contributed by atoms with van der Waals surface area (Å²) in [6, 6.07) is 19.9. The van der Waals surface area contributed by atoms with Gasteiger partial charge in [-0.3, -0.25) is 4.79 Å². The molecule has 36 heavy (non-hydrogen) atoms. The van der Waals surface area contributed by atoms with Crippen molar-refractivity contribution in [1.29, 1.82) is 0 Å². The maximum Gasteiger partial charge on any atom is 0.228 e. The van der Waals surface area contributed by atoms with E-state index in [0.29, 0.717) is 26.1 Å². The quantitative estimate of drug-likeness (QED) is 0.360. The number of nitrogens with zero attached hydrogens (tertiary/aromatic N) is 6. The van der Waals surface area contributed by atoms with Crippen molar-refractivity contribution in [2.75, 3.05) is 31.6 Å². The second-order valence-electron chi connectivity index (χ2n) is 8.98. The number of amides is 1. The van der Waals surface area contributed by atoms with Gasteiger partial charge in [0, 0.05) is 41.5 Å². The zero-order chi connectivity index (χ0) is 24.6. The lowest BCUT2D eigenvalue weighted by atomic mass is 10.1. The number of aromatic nitrogens is 4. The van der Waals surface area contributed by atoms with E-state index in [1.54, 1.807) is 18.4 Å². The van der Waals surface area contributed by atoms with Crippen LogP contribution < -0.4 is 9.64 Å². The van der Waals surface area contributed by atoms with Gasteiger partial charge in [-0.1, -0.05) is 18.2 Å². The molecular weight excluding hydrogens is 472 g/mol. The second-order valence-corrected chi connectivity index (χ2v) is 10.0. The molecule has 1 saturated heterocycles. The first-order valence-electron chi connectivity index (χ1n) is 12.0. The molecule has 1 aliphatic heterocycles. The predicted octanol–water partition coefficient (Wildman–Crippen LogP) is 4.29. The molecule has 0 bridgehead atoms. The van der Waals surface area contributed by atoms with Crippen LogP contribution in [0.25, 0.3) is 27.9 Å². The lowest BCUT2D eigenvalue weighted by molar-refractivity contribution is -0.132. The highest BCUT2D eigenvalue weighted by molar-refractivity contribution is 7.10. The van der Waals surface area contributed by atoms with E-state index in [9.17, 15) is 4.79 Å². The summed E-state index contributed by atoms with van der Waals surface area (Å²) in [4.78, 5) is 23.4. The number of methoxy groups -OCH3 is 1. The zero-order valence-electron chi connectivity index (χ0n) is 20.2. The van der Waals surface area contributed by atoms with Crippen LogP contribution in [0.3, 0.4) is 0 Å². The van der Waals surface area contributed by atoms with Crippen LogP contribution in [-0.2, 0) is 11.2 Å². The van der Waals surface area contributed by atoms with Gasteiger partial charge in [0.1, 0.15) is 5.75 Å². The number of para-hydroxylation sites is 1. The molecule has 1 unspecified atom stereocenters. The van der Waals surface area contributed by atoms with Crippen molar-refractivity contribution in [1.82, 2.24) is 24.5 Å². The number of piperazine rings is 1. The Labute approximate surface area is 212 Å². The molecule has 9 heteroatoms. The zero-order valence-corrected chi connectivity index (χ0v) is 21.0. The molecule has 182 valence electrons. The molecular formula is C27H26N6O2S. The molecule has 4 heterocycles. The lowest BCUT2D eigenvalue weighted by Crippen LogP contribution is -2.55. The van der Waals surface area contributed by atoms with Crippen molar-refractivity contribution in [3.05, 3.63) is 70.9 Å². The van der Waals surface area contributed by atoms with Gasteiger partial charge < -0.3 is 14.5 Å². The van der Waals surface area contributed by atoms with E-state index >= 15 is 0 Å². The number of hydrogen-bond acceptors (Lipinski definition) is 7. The van der Waals surface area contributed by atoms with E-state index in [1.165, 1.54) is 0 Å². The average molecular weight is 499 g/mol. The highest BCUT2D eigenvalue weighted by atomic mass is 32.1. The summed E-state index contributed by atoms with van der Waals surface area (Å²) >= 11 is 1.63. The smallest absolute Gasteiger partial charge is 0.228 e. The summed E-state index contributed by atoms with van der Waals surface area (Å²) in [5, 5.41) is 12.1. The second kappa shape index (κ2) is 9.23. The Morgan fingerprint density at radius 3 is 2.64 bits per heavy atom. The molecule has 5 aromatic rings. The number of ether oxygens (including phenoxy) is 1. The molecule has 0 radical (unpaired) electrons. The minimum atomic E-state index is 0.0513. The molecule has 2 aromatic carbocycles. The lowest BCUT2D eigenvalue weighted by Gasteiger charge is -2.40. The fourth-order valence-corrected chi connectivity index (χ4v) is 5.57. The summed E-state index contributed by atoms with van der Waals surface area (Å²) in [6.45, 7) is 4.10. The Kier molecular flexibility index (Phi) is 5.77. The van der Waals surface area contributed by atoms with Crippen LogP contribution in [0.15, 0.2) is 66.0 Å². The molecule has 6 rings (SSSR count). The molecule has 1 atom stereocenters. The Morgan fingerprint density at radius 2 is 1.89 bits per heavy atom. The van der Waals surface area contributed by atoms with Crippen molar-refractivity contribution >= 4 is 39.7 Å². The van der Waals surface area contributed by atoms with Crippen molar-refractivity contribution < 1.29 is 9.53 Å². The number of benzene rings is 2. The normalized spacial score (nSPS) is 16.1. The van der Waals surface area contributed by atoms with Crippen LogP contribution in [0.1, 0.15) is 11.8 Å². The summed E-state index contributed by atoms with van der Waals surface area (Å²) in [6.07, 6.45) is 0.452. The van der Waals surface area contributed by atoms with Gasteiger partial charge >= 0.3 is 0 Å². The van der Waals surface area contributed by atoms with Crippen molar-refractivity contribution in [2.45, 2.75) is 19.4 Å². The molecule has 1 amide bonds. The van der Waals surface area contributed by atoms with Crippen LogP contribution in [0.5, 0.6) is 5.75 Å². The SMILES string of the molecule is COc1ccc(-c2nnc3c4ccccc4nc(N4CCN(C(=O)Cc5cccs5)C(C)C4)n23)cc1. The van der Waals surface area contributed by atoms with Crippen LogP contribution in [0.2, 0.25) is 0 Å². The molecule has 1 fully saturated rings. The van der Waals surface area contributed by atoms with Crippen molar-refractivity contribution in [3.63, 3.8) is 0 Å². The summed E-state index contributed by atoms with van der Waals surface area (Å²) < 4.78 is 7.37. The molecule has 0 spiro atoms. The fourth-order valence-electron chi connectivity index (χ4n) is 4.88. The number of carbonyl (C=O) groups is 1. The first kappa shape index (κ1) is 22.5. The van der Waals surface area contributed by atoms with E-state index in [1.807, 2.05) is 75.3 Å². The number of fused-ring (bicyclic) bond motifs is 3. The number of hydrogen-bond donors (Lipinski definition) is 0. The van der Waals surface area contributed by atoms with Crippen LogP contribution in [0, 0.1) is 0 Å². The van der Waals surface area contributed by atoms with E-state index in [-0.39, 0.29) is 11.9 Å². The average Bonchev–Trinajstić information content (AvgIpc) is 3.58. The third kappa shape index (κ3) is 3.95. The number of rotatable bonds is 5. The van der Waals surface area contributed by atoms with Gasteiger partial charge in [0.05, 0.1) is 19.0 Å². The third-order valence-corrected chi connectivity index (χ3v) is 7.59. The van der Waals surface area contributed by atoms with E-state index in [2.05, 4.69) is 22.0 Å². The Hall–Kier alpha value is -3.98. The van der Waals surface area contributed by atoms with E-state index in [0.717, 1.165) is 44.5 Å². The van der Waals surface area contributed by atoms with Gasteiger partial charge in [-0.05, 0) is 54.8 Å². The van der Waals surface area contributed by atoms with Crippen molar-refractivity contribution in [3.8, 4) is 17.1 Å². The standard InChI is InChI=1S/C27H26N6O2S/c1-18-17-31(13-14-32(18)24(34)16-21-6-5-15-36-21)27-28-23-8-4-3-7-22(23)26-30-29-25(33(26)27)19-9-11-20(35-2)12-10-19/h3-12,15,18H,13-14,16-17H2,1-2H3. The van der Waals surface area contributed by atoms with Gasteiger partial charge in [0.25, 0.3) is 0 Å². The predicted molar refractivity (Wildman–Crippen MR) is 142 cm³/mol. The van der Waals surface area contributed by atoms with Gasteiger partial charge in [0.2, 0.25) is 11.9 Å². The van der Waals surface area contributed by atoms with Gasteiger partial charge in [-0.15, -0.1) is 21.5 Å². The Morgan fingerprint density at radius 1 is 1.06 bits per heavy atom. The monoisotopic (exact) mass is 498 g/mol. The number of thiophene rings is 1. The third-order valence-electron chi connectivity index (χ3n) is 6.71. The molecule has 8 nitrogen and oxygen atoms in total. The van der Waals surface area contributed by atoms with Crippen LogP contribution in [0.4, 0.5) is 5.95 Å². The molecule has 0 aliphatic carbocycles. The first-order chi connectivity index (χ1) is 17.6. The number of anilines is 1. The van der Waals surface area contributed by atoms with E-state index < -0.39 is 0 Å². The minimum Gasteiger partial charge on any atom is -0.497 e. The molecule has 1 aliphatic rings. The first-order valence-corrected chi connectivity index (χ1v) is 12.9.